The van der Waals surface area contributed by atoms with Crippen LogP contribution in [-0.4, -0.2) is 56.7 Å². The number of alkyl carbamates (subject to hydrolysis) is 1. The Labute approximate surface area is 199 Å². The number of carbonyl (C=O) groups is 2. The smallest absolute Gasteiger partial charge is 0.408 e. The monoisotopic (exact) mass is 465 g/mol. The summed E-state index contributed by atoms with van der Waals surface area (Å²) in [5, 5.41) is 2.55. The van der Waals surface area contributed by atoms with Crippen molar-refractivity contribution in [1.82, 2.24) is 5.32 Å². The molecule has 1 N–H and O–H groups in total. The highest BCUT2D eigenvalue weighted by Crippen LogP contribution is 2.20. The van der Waals surface area contributed by atoms with Crippen LogP contribution in [-0.2, 0) is 30.2 Å². The molecule has 1 aromatic carbocycles. The molecule has 3 atom stereocenters. The molecule has 1 amide bonds. The summed E-state index contributed by atoms with van der Waals surface area (Å²) in [6, 6.07) is 7.49. The van der Waals surface area contributed by atoms with E-state index in [-0.39, 0.29) is 18.6 Å². The summed E-state index contributed by atoms with van der Waals surface area (Å²) < 4.78 is 22.2. The zero-order valence-corrected chi connectivity index (χ0v) is 21.6. The molecule has 0 heterocycles. The van der Waals surface area contributed by atoms with E-state index in [0.717, 1.165) is 12.8 Å². The molecule has 0 bridgehead atoms. The molecule has 0 spiro atoms. The second kappa shape index (κ2) is 14.2. The van der Waals surface area contributed by atoms with Crippen LogP contribution in [0.5, 0.6) is 0 Å². The highest BCUT2D eigenvalue weighted by Gasteiger charge is 2.27. The van der Waals surface area contributed by atoms with E-state index in [0.29, 0.717) is 19.1 Å². The molecule has 188 valence electrons. The predicted octanol–water partition coefficient (Wildman–Crippen LogP) is 4.69. The van der Waals surface area contributed by atoms with Crippen LogP contribution in [0.2, 0.25) is 0 Å². The number of carbonyl (C=O) groups excluding carboxylic acids is 2. The van der Waals surface area contributed by atoms with Crippen LogP contribution in [0.25, 0.3) is 0 Å². The molecule has 0 aliphatic rings. The van der Waals surface area contributed by atoms with Gasteiger partial charge in [0.1, 0.15) is 5.60 Å². The van der Waals surface area contributed by atoms with Crippen molar-refractivity contribution in [3.05, 3.63) is 35.4 Å². The average molecular weight is 466 g/mol. The molecule has 7 nitrogen and oxygen atoms in total. The van der Waals surface area contributed by atoms with Crippen molar-refractivity contribution in [1.29, 1.82) is 0 Å². The van der Waals surface area contributed by atoms with Gasteiger partial charge in [-0.2, -0.15) is 0 Å². The van der Waals surface area contributed by atoms with Gasteiger partial charge in [-0.1, -0.05) is 50.6 Å². The number of hydrogen-bond donors (Lipinski definition) is 1. The fourth-order valence-corrected chi connectivity index (χ4v) is 3.33. The SMILES string of the molecule is CCC(OCC(C)C)C(COC[C@H](NC(=O)OC(C)(C)C)C(=O)OC)Cc1ccc(C)cc1. The molecule has 0 aliphatic heterocycles. The lowest BCUT2D eigenvalue weighted by atomic mass is 9.92. The minimum absolute atomic E-state index is 0.0169. The highest BCUT2D eigenvalue weighted by molar-refractivity contribution is 5.81. The summed E-state index contributed by atoms with van der Waals surface area (Å²) in [4.78, 5) is 24.3. The van der Waals surface area contributed by atoms with E-state index >= 15 is 0 Å². The van der Waals surface area contributed by atoms with Crippen molar-refractivity contribution in [3.8, 4) is 0 Å². The number of hydrogen-bond acceptors (Lipinski definition) is 6. The second-order valence-corrected chi connectivity index (χ2v) is 9.88. The van der Waals surface area contributed by atoms with E-state index in [1.807, 2.05) is 0 Å². The van der Waals surface area contributed by atoms with Gasteiger partial charge in [0.15, 0.2) is 6.04 Å². The van der Waals surface area contributed by atoms with Gasteiger partial charge in [0.25, 0.3) is 0 Å². The Bertz CT molecular complexity index is 710. The van der Waals surface area contributed by atoms with Crippen LogP contribution in [0, 0.1) is 18.8 Å². The minimum Gasteiger partial charge on any atom is -0.467 e. The maximum Gasteiger partial charge on any atom is 0.408 e. The third-order valence-electron chi connectivity index (χ3n) is 4.98. The average Bonchev–Trinajstić information content (AvgIpc) is 2.72. The normalized spacial score (nSPS) is 14.5. The molecule has 0 radical (unpaired) electrons. The van der Waals surface area contributed by atoms with Crippen LogP contribution >= 0.6 is 0 Å². The Morgan fingerprint density at radius 1 is 1.03 bits per heavy atom. The Morgan fingerprint density at radius 2 is 1.67 bits per heavy atom. The second-order valence-electron chi connectivity index (χ2n) is 9.88. The van der Waals surface area contributed by atoms with E-state index in [1.165, 1.54) is 18.2 Å². The number of benzene rings is 1. The van der Waals surface area contributed by atoms with E-state index in [2.05, 4.69) is 57.3 Å². The molecule has 33 heavy (non-hydrogen) atoms. The number of aryl methyl sites for hydroxylation is 1. The first kappa shape index (κ1) is 28.9. The van der Waals surface area contributed by atoms with Crippen molar-refractivity contribution < 1.29 is 28.5 Å². The van der Waals surface area contributed by atoms with Crippen LogP contribution < -0.4 is 5.32 Å². The fraction of sp³-hybridized carbons (Fsp3) is 0.692. The third kappa shape index (κ3) is 12.1. The van der Waals surface area contributed by atoms with E-state index in [1.54, 1.807) is 20.8 Å². The third-order valence-corrected chi connectivity index (χ3v) is 4.98. The number of methoxy groups -OCH3 is 1. The summed E-state index contributed by atoms with van der Waals surface area (Å²) in [5.41, 5.74) is 1.74. The molecular formula is C26H43NO6. The Morgan fingerprint density at radius 3 is 2.18 bits per heavy atom. The Hall–Kier alpha value is -2.12. The van der Waals surface area contributed by atoms with Gasteiger partial charge in [-0.3, -0.25) is 0 Å². The molecule has 7 heteroatoms. The van der Waals surface area contributed by atoms with E-state index in [4.69, 9.17) is 18.9 Å². The zero-order chi connectivity index (χ0) is 25.0. The van der Waals surface area contributed by atoms with Gasteiger partial charge in [0, 0.05) is 12.5 Å². The maximum atomic E-state index is 12.2. The molecule has 0 fully saturated rings. The van der Waals surface area contributed by atoms with Gasteiger partial charge >= 0.3 is 12.1 Å². The van der Waals surface area contributed by atoms with Crippen molar-refractivity contribution in [2.45, 2.75) is 79.1 Å². The molecule has 2 unspecified atom stereocenters. The quantitative estimate of drug-likeness (QED) is 0.426. The zero-order valence-electron chi connectivity index (χ0n) is 21.6. The van der Waals surface area contributed by atoms with Crippen molar-refractivity contribution in [2.75, 3.05) is 26.9 Å². The number of amides is 1. The van der Waals surface area contributed by atoms with Gasteiger partial charge in [-0.25, -0.2) is 9.59 Å². The molecule has 1 aromatic rings. The van der Waals surface area contributed by atoms with Gasteiger partial charge in [0.05, 0.1) is 26.4 Å². The van der Waals surface area contributed by atoms with Crippen molar-refractivity contribution >= 4 is 12.1 Å². The Kier molecular flexibility index (Phi) is 12.4. The van der Waals surface area contributed by atoms with Crippen LogP contribution in [0.1, 0.15) is 59.1 Å². The summed E-state index contributed by atoms with van der Waals surface area (Å²) in [5.74, 6) is -0.0583. The first-order valence-electron chi connectivity index (χ1n) is 11.8. The van der Waals surface area contributed by atoms with Crippen molar-refractivity contribution in [3.63, 3.8) is 0 Å². The topological polar surface area (TPSA) is 83.1 Å². The number of rotatable bonds is 13. The predicted molar refractivity (Wildman–Crippen MR) is 129 cm³/mol. The van der Waals surface area contributed by atoms with Crippen molar-refractivity contribution in [2.24, 2.45) is 11.8 Å². The molecule has 0 aliphatic carbocycles. The molecule has 0 saturated heterocycles. The number of esters is 1. The number of ether oxygens (including phenoxy) is 4. The molecule has 1 rings (SSSR count). The van der Waals surface area contributed by atoms with Crippen LogP contribution in [0.3, 0.4) is 0 Å². The molecular weight excluding hydrogens is 422 g/mol. The van der Waals surface area contributed by atoms with E-state index in [9.17, 15) is 9.59 Å². The van der Waals surface area contributed by atoms with Gasteiger partial charge in [-0.15, -0.1) is 0 Å². The Balaban J connectivity index is 2.85. The number of nitrogens with one attached hydrogen (secondary N) is 1. The molecule has 0 saturated carbocycles. The highest BCUT2D eigenvalue weighted by atomic mass is 16.6. The van der Waals surface area contributed by atoms with Gasteiger partial charge in [0.2, 0.25) is 0 Å². The lowest BCUT2D eigenvalue weighted by Gasteiger charge is -2.28. The fourth-order valence-electron chi connectivity index (χ4n) is 3.33. The standard InChI is InChI=1S/C26H43NO6/c1-9-23(32-15-18(2)3)21(14-20-12-10-19(4)11-13-20)16-31-17-22(24(28)30-8)27-25(29)33-26(5,6)7/h10-13,18,21-23H,9,14-17H2,1-8H3,(H,27,29)/t21?,22-,23?/m0/s1. The first-order valence-corrected chi connectivity index (χ1v) is 11.8. The lowest BCUT2D eigenvalue weighted by Crippen LogP contribution is -2.47. The first-order chi connectivity index (χ1) is 15.4. The largest absolute Gasteiger partial charge is 0.467 e. The molecule has 0 aromatic heterocycles. The lowest BCUT2D eigenvalue weighted by molar-refractivity contribution is -0.145. The van der Waals surface area contributed by atoms with E-state index < -0.39 is 23.7 Å². The summed E-state index contributed by atoms with van der Waals surface area (Å²) in [6.07, 6.45) is 0.969. The van der Waals surface area contributed by atoms with Crippen LogP contribution in [0.15, 0.2) is 24.3 Å². The summed E-state index contributed by atoms with van der Waals surface area (Å²) >= 11 is 0. The van der Waals surface area contributed by atoms with Gasteiger partial charge < -0.3 is 24.3 Å². The van der Waals surface area contributed by atoms with Crippen LogP contribution in [0.4, 0.5) is 4.79 Å². The maximum absolute atomic E-state index is 12.2. The summed E-state index contributed by atoms with van der Waals surface area (Å²) in [7, 11) is 1.28. The van der Waals surface area contributed by atoms with Gasteiger partial charge in [-0.05, 0) is 52.0 Å². The summed E-state index contributed by atoms with van der Waals surface area (Å²) in [6.45, 7) is 14.7. The minimum atomic E-state index is -0.957.